The molecule has 4 rings (SSSR count). The van der Waals surface area contributed by atoms with Gasteiger partial charge in [0.05, 0.1) is 30.2 Å². The molecule has 8 nitrogen and oxygen atoms in total. The van der Waals surface area contributed by atoms with E-state index >= 15 is 0 Å². The molecular formula is C29H32F3N5O3. The largest absolute Gasteiger partial charge is 0.466 e. The zero-order valence-corrected chi connectivity index (χ0v) is 22.2. The maximum Gasteiger partial charge on any atom is 0.416 e. The molecule has 11 heteroatoms. The average molecular weight is 556 g/mol. The second-order valence-electron chi connectivity index (χ2n) is 9.68. The van der Waals surface area contributed by atoms with E-state index in [0.717, 1.165) is 43.4 Å². The molecule has 0 aliphatic heterocycles. The number of ether oxygens (including phenoxy) is 1. The number of esters is 1. The van der Waals surface area contributed by atoms with Crippen molar-refractivity contribution in [2.45, 2.75) is 57.7 Å². The topological polar surface area (TPSA) is 106 Å². The van der Waals surface area contributed by atoms with Crippen molar-refractivity contribution in [3.8, 4) is 11.4 Å². The molecule has 1 fully saturated rings. The van der Waals surface area contributed by atoms with Crippen LogP contribution in [0.2, 0.25) is 0 Å². The van der Waals surface area contributed by atoms with Crippen LogP contribution in [0.5, 0.6) is 0 Å². The summed E-state index contributed by atoms with van der Waals surface area (Å²) >= 11 is 0. The summed E-state index contributed by atoms with van der Waals surface area (Å²) in [5, 5.41) is 6.16. The third-order valence-electron chi connectivity index (χ3n) is 6.87. The number of benzene rings is 1. The predicted molar refractivity (Wildman–Crippen MR) is 143 cm³/mol. The number of hydrogen-bond acceptors (Lipinski definition) is 7. The van der Waals surface area contributed by atoms with Gasteiger partial charge in [-0.25, -0.2) is 15.0 Å². The Kier molecular flexibility index (Phi) is 9.68. The van der Waals surface area contributed by atoms with Gasteiger partial charge in [0, 0.05) is 36.3 Å². The second kappa shape index (κ2) is 13.4. The predicted octanol–water partition coefficient (Wildman–Crippen LogP) is 5.97. The van der Waals surface area contributed by atoms with Crippen LogP contribution in [-0.4, -0.2) is 40.0 Å². The summed E-state index contributed by atoms with van der Waals surface area (Å²) < 4.78 is 43.6. The fourth-order valence-corrected chi connectivity index (χ4v) is 4.78. The zero-order chi connectivity index (χ0) is 28.5. The highest BCUT2D eigenvalue weighted by Crippen LogP contribution is 2.36. The molecule has 2 aromatic heterocycles. The number of carbonyl (C=O) groups excluding carboxylic acids is 2. The monoisotopic (exact) mass is 555 g/mol. The van der Waals surface area contributed by atoms with E-state index in [-0.39, 0.29) is 30.9 Å². The number of nitrogens with zero attached hydrogens (tertiary/aromatic N) is 3. The molecule has 1 saturated carbocycles. The average Bonchev–Trinajstić information content (AvgIpc) is 2.96. The van der Waals surface area contributed by atoms with Crippen LogP contribution in [0, 0.1) is 5.92 Å². The van der Waals surface area contributed by atoms with Crippen molar-refractivity contribution in [3.63, 3.8) is 0 Å². The van der Waals surface area contributed by atoms with Crippen molar-refractivity contribution < 1.29 is 27.5 Å². The molecule has 2 heterocycles. The van der Waals surface area contributed by atoms with Crippen molar-refractivity contribution in [3.05, 3.63) is 71.7 Å². The van der Waals surface area contributed by atoms with E-state index < -0.39 is 11.7 Å². The van der Waals surface area contributed by atoms with Crippen LogP contribution < -0.4 is 10.6 Å². The number of amides is 1. The fourth-order valence-electron chi connectivity index (χ4n) is 4.78. The van der Waals surface area contributed by atoms with Gasteiger partial charge in [-0.2, -0.15) is 13.2 Å². The van der Waals surface area contributed by atoms with Crippen LogP contribution in [0.3, 0.4) is 0 Å². The highest BCUT2D eigenvalue weighted by molar-refractivity contribution is 5.94. The summed E-state index contributed by atoms with van der Waals surface area (Å²) in [6, 6.07) is 8.05. The minimum Gasteiger partial charge on any atom is -0.466 e. The normalized spacial score (nSPS) is 14.8. The molecule has 0 spiro atoms. The minimum atomic E-state index is -4.40. The van der Waals surface area contributed by atoms with Gasteiger partial charge >= 0.3 is 12.1 Å². The molecule has 1 unspecified atom stereocenters. The molecule has 40 heavy (non-hydrogen) atoms. The lowest BCUT2D eigenvalue weighted by Gasteiger charge is -2.31. The Balaban J connectivity index is 1.45. The van der Waals surface area contributed by atoms with E-state index in [1.807, 2.05) is 0 Å². The molecule has 1 aromatic carbocycles. The van der Waals surface area contributed by atoms with E-state index in [4.69, 9.17) is 4.74 Å². The van der Waals surface area contributed by atoms with Gasteiger partial charge in [0.25, 0.3) is 5.91 Å². The van der Waals surface area contributed by atoms with Crippen LogP contribution in [0.4, 0.5) is 19.0 Å². The molecule has 0 saturated heterocycles. The number of hydrogen-bond donors (Lipinski definition) is 2. The van der Waals surface area contributed by atoms with Gasteiger partial charge in [0.1, 0.15) is 5.82 Å². The van der Waals surface area contributed by atoms with Crippen LogP contribution in [0.15, 0.2) is 55.0 Å². The van der Waals surface area contributed by atoms with Gasteiger partial charge in [-0.05, 0) is 49.9 Å². The quantitative estimate of drug-likeness (QED) is 0.297. The van der Waals surface area contributed by atoms with Gasteiger partial charge in [-0.1, -0.05) is 31.4 Å². The molecule has 1 atom stereocenters. The minimum absolute atomic E-state index is 0.0927. The molecule has 1 amide bonds. The van der Waals surface area contributed by atoms with E-state index in [1.165, 1.54) is 24.8 Å². The summed E-state index contributed by atoms with van der Waals surface area (Å²) in [5.41, 5.74) is 1.000. The lowest BCUT2D eigenvalue weighted by atomic mass is 9.81. The first-order valence-corrected chi connectivity index (χ1v) is 13.4. The van der Waals surface area contributed by atoms with E-state index in [0.29, 0.717) is 35.3 Å². The van der Waals surface area contributed by atoms with Crippen molar-refractivity contribution in [1.82, 2.24) is 20.3 Å². The number of rotatable bonds is 10. The van der Waals surface area contributed by atoms with Crippen molar-refractivity contribution in [2.75, 3.05) is 18.5 Å². The number of alkyl halides is 3. The van der Waals surface area contributed by atoms with Gasteiger partial charge in [0.2, 0.25) is 0 Å². The summed E-state index contributed by atoms with van der Waals surface area (Å²) in [6.07, 6.45) is 6.05. The molecular weight excluding hydrogens is 523 g/mol. The van der Waals surface area contributed by atoms with Crippen LogP contribution in [0.25, 0.3) is 11.4 Å². The van der Waals surface area contributed by atoms with Crippen molar-refractivity contribution in [2.24, 2.45) is 5.92 Å². The first-order valence-electron chi connectivity index (χ1n) is 13.4. The number of carbonyl (C=O) groups is 2. The molecule has 1 aliphatic rings. The van der Waals surface area contributed by atoms with Crippen LogP contribution >= 0.6 is 0 Å². The molecule has 0 radical (unpaired) electrons. The second-order valence-corrected chi connectivity index (χ2v) is 9.68. The summed E-state index contributed by atoms with van der Waals surface area (Å²) in [6.45, 7) is 2.19. The Labute approximate surface area is 230 Å². The fraction of sp³-hybridized carbons (Fsp3) is 0.414. The maximum atomic E-state index is 12.9. The standard InChI is InChI=1S/C29H32F3N5O3/c1-2-40-25(38)14-15-33-28(39)21-10-13-24(34-16-21)37-26(19-6-4-3-5-7-19)22-17-35-27(36-18-22)20-8-11-23(12-9-20)29(30,31)32/h8-13,16-19,26H,2-7,14-15H2,1H3,(H,33,39)(H,34,37). The third kappa shape index (κ3) is 7.77. The Morgan fingerprint density at radius 2 is 1.68 bits per heavy atom. The summed E-state index contributed by atoms with van der Waals surface area (Å²) in [4.78, 5) is 37.2. The lowest BCUT2D eigenvalue weighted by molar-refractivity contribution is -0.143. The summed E-state index contributed by atoms with van der Waals surface area (Å²) in [7, 11) is 0. The SMILES string of the molecule is CCOC(=O)CCNC(=O)c1ccc(NC(c2cnc(-c3ccc(C(F)(F)F)cc3)nc2)C2CCCCC2)nc1. The highest BCUT2D eigenvalue weighted by atomic mass is 19.4. The molecule has 212 valence electrons. The van der Waals surface area contributed by atoms with Crippen LogP contribution in [0.1, 0.15) is 73.0 Å². The van der Waals surface area contributed by atoms with Crippen molar-refractivity contribution >= 4 is 17.7 Å². The van der Waals surface area contributed by atoms with Gasteiger partial charge < -0.3 is 15.4 Å². The Hall–Kier alpha value is -4.02. The van der Waals surface area contributed by atoms with Gasteiger partial charge in [0.15, 0.2) is 5.82 Å². The lowest BCUT2D eigenvalue weighted by Crippen LogP contribution is -2.27. The van der Waals surface area contributed by atoms with Gasteiger partial charge in [-0.15, -0.1) is 0 Å². The smallest absolute Gasteiger partial charge is 0.416 e. The first kappa shape index (κ1) is 29.0. The number of anilines is 1. The Morgan fingerprint density at radius 1 is 0.975 bits per heavy atom. The van der Waals surface area contributed by atoms with E-state index in [2.05, 4.69) is 25.6 Å². The van der Waals surface area contributed by atoms with Gasteiger partial charge in [-0.3, -0.25) is 9.59 Å². The Morgan fingerprint density at radius 3 is 2.27 bits per heavy atom. The van der Waals surface area contributed by atoms with Crippen molar-refractivity contribution in [1.29, 1.82) is 0 Å². The molecule has 1 aliphatic carbocycles. The number of nitrogens with one attached hydrogen (secondary N) is 2. The molecule has 3 aromatic rings. The molecule has 0 bridgehead atoms. The number of pyridine rings is 1. The highest BCUT2D eigenvalue weighted by Gasteiger charge is 2.30. The number of aromatic nitrogens is 3. The third-order valence-corrected chi connectivity index (χ3v) is 6.87. The van der Waals surface area contributed by atoms with E-state index in [9.17, 15) is 22.8 Å². The number of halogens is 3. The van der Waals surface area contributed by atoms with E-state index in [1.54, 1.807) is 31.5 Å². The van der Waals surface area contributed by atoms with Crippen LogP contribution in [-0.2, 0) is 15.7 Å². The molecule has 2 N–H and O–H groups in total. The Bertz CT molecular complexity index is 1260. The maximum absolute atomic E-state index is 12.9. The first-order chi connectivity index (χ1) is 19.2. The summed E-state index contributed by atoms with van der Waals surface area (Å²) in [5.74, 6) is 0.550. The zero-order valence-electron chi connectivity index (χ0n) is 22.2.